The first-order chi connectivity index (χ1) is 14.4. The van der Waals surface area contributed by atoms with Crippen LogP contribution in [0.25, 0.3) is 0 Å². The topological polar surface area (TPSA) is 147 Å². The number of rotatable bonds is 12. The number of nitrogens with zero attached hydrogens (tertiary/aromatic N) is 1. The Kier molecular flexibility index (Phi) is 10.1. The van der Waals surface area contributed by atoms with Gasteiger partial charge in [-0.1, -0.05) is 34.6 Å². The van der Waals surface area contributed by atoms with E-state index in [1.165, 1.54) is 0 Å². The van der Waals surface area contributed by atoms with Gasteiger partial charge in [0, 0.05) is 31.2 Å². The van der Waals surface area contributed by atoms with Gasteiger partial charge in [-0.25, -0.2) is 4.79 Å². The van der Waals surface area contributed by atoms with Crippen molar-refractivity contribution in [3.63, 3.8) is 0 Å². The van der Waals surface area contributed by atoms with Gasteiger partial charge < -0.3 is 21.1 Å². The normalized spacial score (nSPS) is 19.2. The number of nitrogens with two attached hydrogens (primary N) is 1. The summed E-state index contributed by atoms with van der Waals surface area (Å²) in [6.45, 7) is 9.21. The maximum Gasteiger partial charge on any atom is 0.326 e. The number of carboxylic acids is 1. The van der Waals surface area contributed by atoms with Crippen LogP contribution in [0.2, 0.25) is 0 Å². The van der Waals surface area contributed by atoms with Crippen molar-refractivity contribution in [3.05, 3.63) is 0 Å². The van der Waals surface area contributed by atoms with Crippen molar-refractivity contribution in [3.8, 4) is 0 Å². The number of nitrogens with one attached hydrogen (secondary N) is 1. The molecule has 1 saturated heterocycles. The molecule has 0 radical (unpaired) electrons. The molecule has 0 saturated carbocycles. The zero-order chi connectivity index (χ0) is 23.9. The van der Waals surface area contributed by atoms with Gasteiger partial charge in [0.1, 0.15) is 6.04 Å². The number of likely N-dealkylation sites (tertiary alicyclic amines) is 1. The highest BCUT2D eigenvalue weighted by Crippen LogP contribution is 2.26. The van der Waals surface area contributed by atoms with Gasteiger partial charge in [0.05, 0.1) is 6.04 Å². The van der Waals surface area contributed by atoms with Crippen LogP contribution in [0.5, 0.6) is 0 Å². The molecule has 3 amide bonds. The van der Waals surface area contributed by atoms with Crippen molar-refractivity contribution in [1.29, 1.82) is 0 Å². The quantitative estimate of drug-likeness (QED) is 0.418. The van der Waals surface area contributed by atoms with E-state index in [-0.39, 0.29) is 36.4 Å². The molecule has 0 aromatic rings. The van der Waals surface area contributed by atoms with Crippen LogP contribution in [0.3, 0.4) is 0 Å². The second-order valence-corrected chi connectivity index (χ2v) is 9.19. The van der Waals surface area contributed by atoms with Crippen molar-refractivity contribution >= 4 is 29.5 Å². The number of ketones is 1. The minimum Gasteiger partial charge on any atom is -0.480 e. The summed E-state index contributed by atoms with van der Waals surface area (Å²) < 4.78 is 0. The van der Waals surface area contributed by atoms with Gasteiger partial charge in [-0.3, -0.25) is 19.2 Å². The van der Waals surface area contributed by atoms with Crippen LogP contribution in [-0.4, -0.2) is 58.1 Å². The lowest BCUT2D eigenvalue weighted by Crippen LogP contribution is -2.49. The Morgan fingerprint density at radius 1 is 1.06 bits per heavy atom. The van der Waals surface area contributed by atoms with Gasteiger partial charge in [0.2, 0.25) is 17.7 Å². The molecule has 0 aromatic carbocycles. The Balaban J connectivity index is 2.86. The van der Waals surface area contributed by atoms with Crippen LogP contribution in [0.1, 0.15) is 66.7 Å². The van der Waals surface area contributed by atoms with Crippen LogP contribution in [0.4, 0.5) is 0 Å². The molecule has 0 aromatic heterocycles. The molecule has 4 N–H and O–H groups in total. The first kappa shape index (κ1) is 26.6. The van der Waals surface area contributed by atoms with Crippen molar-refractivity contribution in [2.45, 2.75) is 78.8 Å². The first-order valence-corrected chi connectivity index (χ1v) is 11.0. The van der Waals surface area contributed by atoms with Gasteiger partial charge in [-0.15, -0.1) is 0 Å². The number of carbonyl (C=O) groups excluding carboxylic acids is 4. The number of hydrogen-bond acceptors (Lipinski definition) is 5. The predicted octanol–water partition coefficient (Wildman–Crippen LogP) is 1.34. The monoisotopic (exact) mass is 439 g/mol. The average Bonchev–Trinajstić information content (AvgIpc) is 3.16. The minimum absolute atomic E-state index is 0.0575. The third-order valence-electron chi connectivity index (χ3n) is 5.95. The van der Waals surface area contributed by atoms with Gasteiger partial charge in [-0.05, 0) is 31.1 Å². The Morgan fingerprint density at radius 2 is 1.68 bits per heavy atom. The zero-order valence-corrected chi connectivity index (χ0v) is 19.2. The molecule has 31 heavy (non-hydrogen) atoms. The lowest BCUT2D eigenvalue weighted by molar-refractivity contribution is -0.145. The van der Waals surface area contributed by atoms with E-state index in [0.29, 0.717) is 25.8 Å². The molecular formula is C22H37N3O6. The second-order valence-electron chi connectivity index (χ2n) is 9.19. The summed E-state index contributed by atoms with van der Waals surface area (Å²) >= 11 is 0. The molecule has 0 aliphatic carbocycles. The van der Waals surface area contributed by atoms with E-state index in [4.69, 9.17) is 5.73 Å². The van der Waals surface area contributed by atoms with Crippen LogP contribution < -0.4 is 11.1 Å². The van der Waals surface area contributed by atoms with E-state index >= 15 is 0 Å². The maximum absolute atomic E-state index is 13.1. The lowest BCUT2D eigenvalue weighted by Gasteiger charge is -2.29. The standard InChI is InChI=1S/C22H37N3O6/c1-12(2)15(20(28)24-19(13(3)4)22(30)31)11-17(26)16-7-6-10-25(16)21(29)14(5)8-9-18(23)27/h12-16,19H,6-11H2,1-5H3,(H2,23,27)(H,24,28)(H,30,31)/t14-,15-,16-,19-/m1/s1. The molecule has 1 aliphatic rings. The number of Topliss-reactive ketones (excluding diaryl/α,β-unsaturated/α-hetero) is 1. The van der Waals surface area contributed by atoms with Crippen molar-refractivity contribution in [2.75, 3.05) is 6.54 Å². The van der Waals surface area contributed by atoms with E-state index < -0.39 is 41.7 Å². The van der Waals surface area contributed by atoms with Gasteiger partial charge in [0.25, 0.3) is 0 Å². The molecular weight excluding hydrogens is 402 g/mol. The molecule has 1 fully saturated rings. The number of carbonyl (C=O) groups is 5. The smallest absolute Gasteiger partial charge is 0.326 e. The van der Waals surface area contributed by atoms with Crippen molar-refractivity contribution < 1.29 is 29.1 Å². The fourth-order valence-corrected chi connectivity index (χ4v) is 3.89. The zero-order valence-electron chi connectivity index (χ0n) is 19.2. The van der Waals surface area contributed by atoms with Gasteiger partial charge in [0.15, 0.2) is 5.78 Å². The van der Waals surface area contributed by atoms with E-state index in [0.717, 1.165) is 0 Å². The highest BCUT2D eigenvalue weighted by molar-refractivity contribution is 5.94. The number of aliphatic carboxylic acids is 1. The van der Waals surface area contributed by atoms with E-state index in [1.807, 2.05) is 13.8 Å². The summed E-state index contributed by atoms with van der Waals surface area (Å²) in [6, 6.07) is -1.63. The van der Waals surface area contributed by atoms with Crippen LogP contribution in [0, 0.1) is 23.7 Å². The molecule has 1 rings (SSSR count). The SMILES string of the molecule is CC(C)[C@@H](CC(=O)[C@H]1CCCN1C(=O)[C@H](C)CCC(N)=O)C(=O)N[C@@H](C(=O)O)C(C)C. The third kappa shape index (κ3) is 7.63. The molecule has 1 heterocycles. The summed E-state index contributed by atoms with van der Waals surface area (Å²) in [6.07, 6.45) is 1.60. The molecule has 9 nitrogen and oxygen atoms in total. The highest BCUT2D eigenvalue weighted by Gasteiger charge is 2.38. The summed E-state index contributed by atoms with van der Waals surface area (Å²) in [5.74, 6) is -4.01. The van der Waals surface area contributed by atoms with Gasteiger partial charge in [-0.2, -0.15) is 0 Å². The number of amides is 3. The lowest BCUT2D eigenvalue weighted by atomic mass is 9.87. The highest BCUT2D eigenvalue weighted by atomic mass is 16.4. The van der Waals surface area contributed by atoms with E-state index in [2.05, 4.69) is 5.32 Å². The van der Waals surface area contributed by atoms with Gasteiger partial charge >= 0.3 is 5.97 Å². The van der Waals surface area contributed by atoms with E-state index in [1.54, 1.807) is 25.7 Å². The fraction of sp³-hybridized carbons (Fsp3) is 0.773. The fourth-order valence-electron chi connectivity index (χ4n) is 3.89. The Morgan fingerprint density at radius 3 is 2.16 bits per heavy atom. The maximum atomic E-state index is 13.1. The Labute approximate surface area is 184 Å². The molecule has 1 aliphatic heterocycles. The summed E-state index contributed by atoms with van der Waals surface area (Å²) in [4.78, 5) is 62.6. The molecule has 0 bridgehead atoms. The number of primary amides is 1. The summed E-state index contributed by atoms with van der Waals surface area (Å²) in [5, 5.41) is 11.9. The Hall–Kier alpha value is -2.45. The summed E-state index contributed by atoms with van der Waals surface area (Å²) in [5.41, 5.74) is 5.16. The van der Waals surface area contributed by atoms with Crippen LogP contribution in [0.15, 0.2) is 0 Å². The summed E-state index contributed by atoms with van der Waals surface area (Å²) in [7, 11) is 0. The van der Waals surface area contributed by atoms with Crippen LogP contribution >= 0.6 is 0 Å². The third-order valence-corrected chi connectivity index (χ3v) is 5.95. The van der Waals surface area contributed by atoms with Crippen molar-refractivity contribution in [1.82, 2.24) is 10.2 Å². The predicted molar refractivity (Wildman–Crippen MR) is 115 cm³/mol. The Bertz CT molecular complexity index is 691. The second kappa shape index (κ2) is 11.8. The minimum atomic E-state index is -1.12. The number of carboxylic acid groups (broad SMARTS) is 1. The van der Waals surface area contributed by atoms with Crippen LogP contribution in [-0.2, 0) is 24.0 Å². The van der Waals surface area contributed by atoms with Crippen molar-refractivity contribution in [2.24, 2.45) is 29.4 Å². The average molecular weight is 440 g/mol. The molecule has 9 heteroatoms. The largest absolute Gasteiger partial charge is 0.480 e. The van der Waals surface area contributed by atoms with E-state index in [9.17, 15) is 29.1 Å². The number of hydrogen-bond donors (Lipinski definition) is 3. The molecule has 4 atom stereocenters. The first-order valence-electron chi connectivity index (χ1n) is 11.0. The molecule has 0 spiro atoms. The molecule has 0 unspecified atom stereocenters. The molecule has 176 valence electrons.